The minimum atomic E-state index is -0.485. The molecule has 2 aromatic carbocycles. The largest absolute Gasteiger partial charge is 0.326 e. The van der Waals surface area contributed by atoms with Gasteiger partial charge in [-0.05, 0) is 36.8 Å². The van der Waals surface area contributed by atoms with Crippen molar-refractivity contribution in [1.82, 2.24) is 0 Å². The Morgan fingerprint density at radius 2 is 1.83 bits per heavy atom. The monoisotopic (exact) mass is 242 g/mol. The standard InChI is InChI=1S/C15H18N2O/c1-15(2,16)10-14(18)17-13-8-7-11-5-3-4-6-12(11)9-13/h3-9H,10,16H2,1-2H3,(H,17,18). The highest BCUT2D eigenvalue weighted by atomic mass is 16.1. The van der Waals surface area contributed by atoms with Crippen LogP contribution in [0, 0.1) is 0 Å². The fourth-order valence-electron chi connectivity index (χ4n) is 1.89. The molecule has 0 bridgehead atoms. The molecule has 0 radical (unpaired) electrons. The van der Waals surface area contributed by atoms with Crippen LogP contribution in [0.4, 0.5) is 5.69 Å². The van der Waals surface area contributed by atoms with E-state index in [4.69, 9.17) is 5.73 Å². The first-order valence-corrected chi connectivity index (χ1v) is 6.02. The van der Waals surface area contributed by atoms with Crippen LogP contribution in [-0.2, 0) is 4.79 Å². The maximum absolute atomic E-state index is 11.8. The van der Waals surface area contributed by atoms with Gasteiger partial charge in [0.1, 0.15) is 0 Å². The SMILES string of the molecule is CC(C)(N)CC(=O)Nc1ccc2ccccc2c1. The Kier molecular flexibility index (Phi) is 3.34. The molecule has 0 fully saturated rings. The van der Waals surface area contributed by atoms with Gasteiger partial charge in [-0.1, -0.05) is 30.3 Å². The van der Waals surface area contributed by atoms with Gasteiger partial charge in [0.2, 0.25) is 5.91 Å². The molecule has 3 heteroatoms. The van der Waals surface area contributed by atoms with Gasteiger partial charge in [-0.15, -0.1) is 0 Å². The quantitative estimate of drug-likeness (QED) is 0.869. The molecule has 0 unspecified atom stereocenters. The Labute approximate surface area is 107 Å². The van der Waals surface area contributed by atoms with Gasteiger partial charge >= 0.3 is 0 Å². The first-order valence-electron chi connectivity index (χ1n) is 6.02. The van der Waals surface area contributed by atoms with Crippen molar-refractivity contribution in [2.45, 2.75) is 25.8 Å². The second-order valence-electron chi connectivity index (χ2n) is 5.28. The summed E-state index contributed by atoms with van der Waals surface area (Å²) in [5.41, 5.74) is 6.14. The van der Waals surface area contributed by atoms with Crippen LogP contribution in [0.5, 0.6) is 0 Å². The highest BCUT2D eigenvalue weighted by Crippen LogP contribution is 2.19. The minimum Gasteiger partial charge on any atom is -0.326 e. The van der Waals surface area contributed by atoms with Crippen molar-refractivity contribution in [2.75, 3.05) is 5.32 Å². The van der Waals surface area contributed by atoms with E-state index in [1.165, 1.54) is 0 Å². The molecule has 18 heavy (non-hydrogen) atoms. The first-order chi connectivity index (χ1) is 8.44. The summed E-state index contributed by atoms with van der Waals surface area (Å²) in [5, 5.41) is 5.15. The number of hydrogen-bond acceptors (Lipinski definition) is 2. The summed E-state index contributed by atoms with van der Waals surface area (Å²) in [6.07, 6.45) is 0.305. The van der Waals surface area contributed by atoms with Gasteiger partial charge in [-0.3, -0.25) is 4.79 Å². The van der Waals surface area contributed by atoms with Crippen LogP contribution in [0.1, 0.15) is 20.3 Å². The van der Waals surface area contributed by atoms with Crippen molar-refractivity contribution in [3.05, 3.63) is 42.5 Å². The van der Waals surface area contributed by atoms with Gasteiger partial charge in [-0.25, -0.2) is 0 Å². The van der Waals surface area contributed by atoms with E-state index in [0.29, 0.717) is 6.42 Å². The molecule has 0 saturated heterocycles. The lowest BCUT2D eigenvalue weighted by molar-refractivity contribution is -0.117. The summed E-state index contributed by atoms with van der Waals surface area (Å²) >= 11 is 0. The third kappa shape index (κ3) is 3.31. The zero-order valence-corrected chi connectivity index (χ0v) is 10.7. The van der Waals surface area contributed by atoms with Crippen LogP contribution in [-0.4, -0.2) is 11.4 Å². The molecule has 3 N–H and O–H groups in total. The van der Waals surface area contributed by atoms with Gasteiger partial charge in [0.05, 0.1) is 0 Å². The van der Waals surface area contributed by atoms with Crippen LogP contribution in [0.2, 0.25) is 0 Å². The Morgan fingerprint density at radius 3 is 2.50 bits per heavy atom. The van der Waals surface area contributed by atoms with E-state index in [0.717, 1.165) is 16.5 Å². The predicted molar refractivity (Wildman–Crippen MR) is 75.5 cm³/mol. The molecule has 0 atom stereocenters. The van der Waals surface area contributed by atoms with E-state index in [2.05, 4.69) is 5.32 Å². The number of amides is 1. The Morgan fingerprint density at radius 1 is 1.17 bits per heavy atom. The first kappa shape index (κ1) is 12.6. The fraction of sp³-hybridized carbons (Fsp3) is 0.267. The molecular weight excluding hydrogens is 224 g/mol. The second kappa shape index (κ2) is 4.78. The highest BCUT2D eigenvalue weighted by Gasteiger charge is 2.16. The Bertz CT molecular complexity index is 570. The summed E-state index contributed by atoms with van der Waals surface area (Å²) in [6.45, 7) is 3.68. The molecule has 3 nitrogen and oxygen atoms in total. The summed E-state index contributed by atoms with van der Waals surface area (Å²) in [7, 11) is 0. The number of benzene rings is 2. The summed E-state index contributed by atoms with van der Waals surface area (Å²) in [5.74, 6) is -0.0576. The molecule has 1 amide bonds. The normalized spacial score (nSPS) is 11.5. The summed E-state index contributed by atoms with van der Waals surface area (Å²) in [6, 6.07) is 13.9. The molecule has 0 aromatic heterocycles. The molecule has 94 valence electrons. The maximum Gasteiger partial charge on any atom is 0.226 e. The van der Waals surface area contributed by atoms with E-state index >= 15 is 0 Å². The van der Waals surface area contributed by atoms with E-state index in [1.54, 1.807) is 0 Å². The van der Waals surface area contributed by atoms with Gasteiger partial charge in [-0.2, -0.15) is 0 Å². The molecule has 0 saturated carbocycles. The number of carbonyl (C=O) groups excluding carboxylic acids is 1. The van der Waals surface area contributed by atoms with Crippen molar-refractivity contribution < 1.29 is 4.79 Å². The number of hydrogen-bond donors (Lipinski definition) is 2. The number of anilines is 1. The second-order valence-corrected chi connectivity index (χ2v) is 5.28. The van der Waals surface area contributed by atoms with Gasteiger partial charge in [0.15, 0.2) is 0 Å². The molecule has 2 rings (SSSR count). The van der Waals surface area contributed by atoms with Gasteiger partial charge in [0, 0.05) is 17.6 Å². The molecule has 0 aliphatic carbocycles. The van der Waals surface area contributed by atoms with E-state index in [9.17, 15) is 4.79 Å². The van der Waals surface area contributed by atoms with Crippen molar-refractivity contribution in [3.63, 3.8) is 0 Å². The molecule has 0 aliphatic rings. The maximum atomic E-state index is 11.8. The van der Waals surface area contributed by atoms with Crippen molar-refractivity contribution in [3.8, 4) is 0 Å². The summed E-state index contributed by atoms with van der Waals surface area (Å²) < 4.78 is 0. The number of rotatable bonds is 3. The van der Waals surface area contributed by atoms with E-state index < -0.39 is 5.54 Å². The third-order valence-electron chi connectivity index (χ3n) is 2.65. The van der Waals surface area contributed by atoms with Crippen molar-refractivity contribution in [2.24, 2.45) is 5.73 Å². The van der Waals surface area contributed by atoms with Gasteiger partial charge in [0.25, 0.3) is 0 Å². The molecular formula is C15H18N2O. The summed E-state index contributed by atoms with van der Waals surface area (Å²) in [4.78, 5) is 11.8. The Hall–Kier alpha value is -1.87. The van der Waals surface area contributed by atoms with Crippen molar-refractivity contribution in [1.29, 1.82) is 0 Å². The highest BCUT2D eigenvalue weighted by molar-refractivity contribution is 5.94. The lowest BCUT2D eigenvalue weighted by Crippen LogP contribution is -2.36. The number of fused-ring (bicyclic) bond motifs is 1. The average Bonchev–Trinajstić information content (AvgIpc) is 2.26. The molecule has 0 aliphatic heterocycles. The number of nitrogens with one attached hydrogen (secondary N) is 1. The van der Waals surface area contributed by atoms with E-state index in [1.807, 2.05) is 56.3 Å². The number of carbonyl (C=O) groups is 1. The van der Waals surface area contributed by atoms with Crippen LogP contribution in [0.15, 0.2) is 42.5 Å². The van der Waals surface area contributed by atoms with Crippen LogP contribution >= 0.6 is 0 Å². The third-order valence-corrected chi connectivity index (χ3v) is 2.65. The van der Waals surface area contributed by atoms with Crippen molar-refractivity contribution >= 4 is 22.4 Å². The predicted octanol–water partition coefficient (Wildman–Crippen LogP) is 2.91. The minimum absolute atomic E-state index is 0.0576. The smallest absolute Gasteiger partial charge is 0.226 e. The fourth-order valence-corrected chi connectivity index (χ4v) is 1.89. The molecule has 0 spiro atoms. The van der Waals surface area contributed by atoms with E-state index in [-0.39, 0.29) is 5.91 Å². The van der Waals surface area contributed by atoms with Crippen LogP contribution in [0.25, 0.3) is 10.8 Å². The lowest BCUT2D eigenvalue weighted by Gasteiger charge is -2.17. The zero-order valence-electron chi connectivity index (χ0n) is 10.7. The lowest BCUT2D eigenvalue weighted by atomic mass is 10.0. The average molecular weight is 242 g/mol. The van der Waals surface area contributed by atoms with Crippen LogP contribution < -0.4 is 11.1 Å². The molecule has 0 heterocycles. The number of nitrogens with two attached hydrogens (primary N) is 1. The Balaban J connectivity index is 2.15. The topological polar surface area (TPSA) is 55.1 Å². The molecule has 2 aromatic rings. The van der Waals surface area contributed by atoms with Gasteiger partial charge < -0.3 is 11.1 Å². The zero-order chi connectivity index (χ0) is 13.2. The van der Waals surface area contributed by atoms with Crippen LogP contribution in [0.3, 0.4) is 0 Å².